The maximum atomic E-state index is 13.3. The molecule has 0 aliphatic rings. The summed E-state index contributed by atoms with van der Waals surface area (Å²) >= 11 is 0. The number of methoxy groups -OCH3 is 2. The third-order valence-corrected chi connectivity index (χ3v) is 6.19. The van der Waals surface area contributed by atoms with Crippen LogP contribution in [0.5, 0.6) is 5.75 Å². The molecule has 2 rings (SSSR count). The number of hydrogen-bond donors (Lipinski definition) is 1. The van der Waals surface area contributed by atoms with E-state index >= 15 is 0 Å². The smallest absolute Gasteiger partial charge is 0.251 e. The number of carbonyl (C=O) groups excluding carboxylic acids is 1. The van der Waals surface area contributed by atoms with Crippen LogP contribution in [0.2, 0.25) is 0 Å². The molecule has 0 radical (unpaired) electrons. The van der Waals surface area contributed by atoms with E-state index < -0.39 is 15.7 Å². The summed E-state index contributed by atoms with van der Waals surface area (Å²) in [6.07, 6.45) is 1.64. The molecule has 0 unspecified atom stereocenters. The summed E-state index contributed by atoms with van der Waals surface area (Å²) in [5.41, 5.74) is 1.30. The predicted octanol–water partition coefficient (Wildman–Crippen LogP) is 2.72. The zero-order valence-corrected chi connectivity index (χ0v) is 16.7. The third kappa shape index (κ3) is 4.06. The maximum Gasteiger partial charge on any atom is 0.251 e. The number of aromatic nitrogens is 1. The molecule has 1 aromatic heterocycles. The first-order valence-corrected chi connectivity index (χ1v) is 9.74. The highest BCUT2D eigenvalue weighted by molar-refractivity contribution is 7.91. The van der Waals surface area contributed by atoms with Gasteiger partial charge in [-0.2, -0.15) is 0 Å². The van der Waals surface area contributed by atoms with Gasteiger partial charge >= 0.3 is 0 Å². The second-order valence-corrected chi connectivity index (χ2v) is 7.83. The van der Waals surface area contributed by atoms with E-state index in [1.807, 2.05) is 0 Å². The summed E-state index contributed by atoms with van der Waals surface area (Å²) in [7, 11) is -0.966. The Hall–Kier alpha value is -2.58. The zero-order chi connectivity index (χ0) is 20.2. The number of nitrogens with one attached hydrogen (secondary N) is 1. The Morgan fingerprint density at radius 3 is 2.37 bits per heavy atom. The molecule has 0 aliphatic heterocycles. The fourth-order valence-corrected chi connectivity index (χ4v) is 4.51. The van der Waals surface area contributed by atoms with Gasteiger partial charge < -0.3 is 19.4 Å². The quantitative estimate of drug-likeness (QED) is 0.698. The molecule has 1 amide bonds. The van der Waals surface area contributed by atoms with Gasteiger partial charge in [0.05, 0.1) is 12.0 Å². The predicted molar refractivity (Wildman–Crippen MR) is 103 cm³/mol. The lowest BCUT2D eigenvalue weighted by Crippen LogP contribution is -2.21. The van der Waals surface area contributed by atoms with Gasteiger partial charge in [0.25, 0.3) is 5.91 Å². The van der Waals surface area contributed by atoms with Crippen molar-refractivity contribution in [3.05, 3.63) is 48.2 Å². The number of ether oxygens (including phenoxy) is 2. The van der Waals surface area contributed by atoms with Gasteiger partial charge in [-0.25, -0.2) is 8.42 Å². The first-order valence-electron chi connectivity index (χ1n) is 8.26. The zero-order valence-electron chi connectivity index (χ0n) is 15.9. The molecule has 7 nitrogen and oxygen atoms in total. The average Bonchev–Trinajstić information content (AvgIpc) is 2.87. The van der Waals surface area contributed by atoms with E-state index in [1.165, 1.54) is 26.4 Å². The van der Waals surface area contributed by atoms with Crippen LogP contribution in [0.15, 0.2) is 46.7 Å². The standard InChI is InChI=1S/C19H24N2O5S/c1-6-11-21-14(3)13(2)18(19(21)20-17(22)12-25-4)27(23,24)16-9-7-15(26-5)8-10-16/h6-10H,1,11-12H2,2-5H3,(H,20,22). The number of rotatable bonds is 8. The molecule has 8 heteroatoms. The van der Waals surface area contributed by atoms with Gasteiger partial charge in [0.1, 0.15) is 23.1 Å². The van der Waals surface area contributed by atoms with Crippen LogP contribution >= 0.6 is 0 Å². The Bertz CT molecular complexity index is 943. The van der Waals surface area contributed by atoms with Gasteiger partial charge in [-0.3, -0.25) is 4.79 Å². The lowest BCUT2D eigenvalue weighted by atomic mass is 10.3. The molecular weight excluding hydrogens is 368 g/mol. The van der Waals surface area contributed by atoms with Crippen LogP contribution in [0.1, 0.15) is 11.3 Å². The van der Waals surface area contributed by atoms with E-state index in [0.717, 1.165) is 5.69 Å². The first kappa shape index (κ1) is 20.7. The number of benzene rings is 1. The molecule has 0 atom stereocenters. The molecular formula is C19H24N2O5S. The van der Waals surface area contributed by atoms with E-state index in [2.05, 4.69) is 11.9 Å². The molecule has 0 spiro atoms. The van der Waals surface area contributed by atoms with Crippen LogP contribution in [-0.2, 0) is 25.9 Å². The van der Waals surface area contributed by atoms with Crippen molar-refractivity contribution in [2.45, 2.75) is 30.2 Å². The fraction of sp³-hybridized carbons (Fsp3) is 0.316. The van der Waals surface area contributed by atoms with Gasteiger partial charge in [0, 0.05) is 19.3 Å². The molecule has 0 saturated heterocycles. The number of amides is 1. The second-order valence-electron chi connectivity index (χ2n) is 5.95. The van der Waals surface area contributed by atoms with Crippen molar-refractivity contribution in [3.8, 4) is 5.75 Å². The summed E-state index contributed by atoms with van der Waals surface area (Å²) in [5.74, 6) is 0.328. The maximum absolute atomic E-state index is 13.3. The first-order chi connectivity index (χ1) is 12.8. The normalized spacial score (nSPS) is 11.3. The topological polar surface area (TPSA) is 86.6 Å². The molecule has 0 saturated carbocycles. The van der Waals surface area contributed by atoms with Crippen LogP contribution in [0.4, 0.5) is 5.82 Å². The van der Waals surface area contributed by atoms with E-state index in [-0.39, 0.29) is 22.2 Å². The number of carbonyl (C=O) groups is 1. The van der Waals surface area contributed by atoms with Crippen molar-refractivity contribution < 1.29 is 22.7 Å². The number of sulfone groups is 1. The highest BCUT2D eigenvalue weighted by Crippen LogP contribution is 2.35. The number of nitrogens with zero attached hydrogens (tertiary/aromatic N) is 1. The molecule has 1 heterocycles. The van der Waals surface area contributed by atoms with Crippen LogP contribution in [0, 0.1) is 13.8 Å². The summed E-state index contributed by atoms with van der Waals surface area (Å²) in [4.78, 5) is 12.3. The Morgan fingerprint density at radius 1 is 1.22 bits per heavy atom. The van der Waals surface area contributed by atoms with E-state index in [0.29, 0.717) is 17.9 Å². The molecule has 146 valence electrons. The molecule has 1 aromatic carbocycles. The van der Waals surface area contributed by atoms with Crippen molar-refractivity contribution in [1.82, 2.24) is 4.57 Å². The van der Waals surface area contributed by atoms with Gasteiger partial charge in [0.2, 0.25) is 9.84 Å². The van der Waals surface area contributed by atoms with Crippen molar-refractivity contribution in [2.75, 3.05) is 26.1 Å². The molecule has 1 N–H and O–H groups in total. The van der Waals surface area contributed by atoms with Crippen molar-refractivity contribution in [1.29, 1.82) is 0 Å². The average molecular weight is 392 g/mol. The van der Waals surface area contributed by atoms with E-state index in [4.69, 9.17) is 9.47 Å². The van der Waals surface area contributed by atoms with Crippen LogP contribution < -0.4 is 10.1 Å². The van der Waals surface area contributed by atoms with E-state index in [9.17, 15) is 13.2 Å². The van der Waals surface area contributed by atoms with Gasteiger partial charge in [-0.15, -0.1) is 6.58 Å². The number of anilines is 1. The highest BCUT2D eigenvalue weighted by atomic mass is 32.2. The summed E-state index contributed by atoms with van der Waals surface area (Å²) in [6, 6.07) is 6.13. The highest BCUT2D eigenvalue weighted by Gasteiger charge is 2.30. The minimum Gasteiger partial charge on any atom is -0.497 e. The lowest BCUT2D eigenvalue weighted by molar-refractivity contribution is -0.119. The molecule has 0 aliphatic carbocycles. The summed E-state index contributed by atoms with van der Waals surface area (Å²) in [6.45, 7) is 7.41. The molecule has 0 bridgehead atoms. The Morgan fingerprint density at radius 2 is 1.85 bits per heavy atom. The molecule has 27 heavy (non-hydrogen) atoms. The van der Waals surface area contributed by atoms with Crippen molar-refractivity contribution in [2.24, 2.45) is 0 Å². The van der Waals surface area contributed by atoms with Crippen LogP contribution in [0.25, 0.3) is 0 Å². The molecule has 2 aromatic rings. The van der Waals surface area contributed by atoms with E-state index in [1.54, 1.807) is 36.6 Å². The molecule has 0 fully saturated rings. The number of hydrogen-bond acceptors (Lipinski definition) is 5. The second kappa shape index (κ2) is 8.41. The summed E-state index contributed by atoms with van der Waals surface area (Å²) in [5, 5.41) is 2.67. The third-order valence-electron chi connectivity index (χ3n) is 4.26. The lowest BCUT2D eigenvalue weighted by Gasteiger charge is -2.13. The van der Waals surface area contributed by atoms with Crippen LogP contribution in [0.3, 0.4) is 0 Å². The number of allylic oxidation sites excluding steroid dienone is 1. The minimum absolute atomic E-state index is 0.0662. The van der Waals surface area contributed by atoms with Gasteiger partial charge in [0.15, 0.2) is 0 Å². The van der Waals surface area contributed by atoms with Crippen molar-refractivity contribution in [3.63, 3.8) is 0 Å². The summed E-state index contributed by atoms with van der Waals surface area (Å²) < 4.78 is 38.3. The minimum atomic E-state index is -3.87. The monoisotopic (exact) mass is 392 g/mol. The fourth-order valence-electron chi connectivity index (χ4n) is 2.82. The Kier molecular flexibility index (Phi) is 6.45. The Balaban J connectivity index is 2.67. The van der Waals surface area contributed by atoms with Crippen molar-refractivity contribution >= 4 is 21.6 Å². The SMILES string of the molecule is C=CCn1c(C)c(C)c(S(=O)(=O)c2ccc(OC)cc2)c1NC(=O)COC. The van der Waals surface area contributed by atoms with Gasteiger partial charge in [-0.05, 0) is 43.7 Å². The Labute approximate surface area is 159 Å². The van der Waals surface area contributed by atoms with Gasteiger partial charge in [-0.1, -0.05) is 6.08 Å². The largest absolute Gasteiger partial charge is 0.497 e. The van der Waals surface area contributed by atoms with Crippen LogP contribution in [-0.4, -0.2) is 39.7 Å².